The molecule has 0 spiro atoms. The summed E-state index contributed by atoms with van der Waals surface area (Å²) in [5.41, 5.74) is 0. The van der Waals surface area contributed by atoms with E-state index in [9.17, 15) is 13.0 Å². The Hall–Kier alpha value is 0.180. The molecule has 9 heteroatoms. The Bertz CT molecular complexity index is 430. The highest BCUT2D eigenvalue weighted by molar-refractivity contribution is 7.80. The van der Waals surface area contributed by atoms with Crippen LogP contribution >= 0.6 is 9.24 Å². The molecule has 0 aliphatic heterocycles. The quantitative estimate of drug-likeness (QED) is 0.167. The van der Waals surface area contributed by atoms with Crippen LogP contribution in [0.2, 0.25) is 0 Å². The van der Waals surface area contributed by atoms with Crippen LogP contribution in [0.1, 0.15) is 66.2 Å². The molecule has 0 rings (SSSR count). The third kappa shape index (κ3) is 12.0. The lowest BCUT2D eigenvalue weighted by Crippen LogP contribution is -2.68. The van der Waals surface area contributed by atoms with Gasteiger partial charge >= 0.3 is 0 Å². The molecule has 0 aromatic rings. The SMILES string of the molecule is CCCCN(C)C(C[PH3+])(N(C)CCCC)N(C)CCCC.CCOS(=O)(=O)[O-]. The molecule has 7 nitrogen and oxygen atoms in total. The second-order valence-electron chi connectivity index (χ2n) is 7.16. The van der Waals surface area contributed by atoms with E-state index < -0.39 is 10.4 Å². The van der Waals surface area contributed by atoms with Crippen LogP contribution in [0, 0.1) is 0 Å². The van der Waals surface area contributed by atoms with Crippen molar-refractivity contribution in [2.24, 2.45) is 0 Å². The lowest BCUT2D eigenvalue weighted by molar-refractivity contribution is -0.124. The highest BCUT2D eigenvalue weighted by atomic mass is 32.3. The van der Waals surface area contributed by atoms with Gasteiger partial charge in [0, 0.05) is 19.6 Å². The number of hydrogen-bond acceptors (Lipinski definition) is 7. The summed E-state index contributed by atoms with van der Waals surface area (Å²) in [6, 6.07) is 0. The summed E-state index contributed by atoms with van der Waals surface area (Å²) in [6.07, 6.45) is 8.82. The standard InChI is InChI=1S/C17H40N3P.C2H6O4S/c1-7-10-13-18(4)17(16-21,19(5)14-11-8-2)20(6)15-12-9-3;1-2-6-7(3,4)5/h7-16,21H2,1-6H3;2H2,1H3,(H,3,4,5). The molecule has 0 aromatic heterocycles. The largest absolute Gasteiger partial charge is 0.726 e. The first-order chi connectivity index (χ1) is 13.1. The highest BCUT2D eigenvalue weighted by Gasteiger charge is 2.42. The van der Waals surface area contributed by atoms with Gasteiger partial charge in [-0.05, 0) is 56.6 Å². The predicted molar refractivity (Wildman–Crippen MR) is 123 cm³/mol. The summed E-state index contributed by atoms with van der Waals surface area (Å²) in [5, 5.41) is 0. The Balaban J connectivity index is 0. The first-order valence-corrected chi connectivity index (χ1v) is 12.9. The molecule has 0 saturated heterocycles. The molecule has 0 N–H and O–H groups in total. The molecule has 0 aliphatic carbocycles. The predicted octanol–water partition coefficient (Wildman–Crippen LogP) is 2.93. The number of rotatable bonds is 15. The van der Waals surface area contributed by atoms with Crippen molar-refractivity contribution >= 4 is 19.6 Å². The molecule has 28 heavy (non-hydrogen) atoms. The van der Waals surface area contributed by atoms with Gasteiger partial charge in [-0.25, -0.2) is 8.42 Å². The van der Waals surface area contributed by atoms with E-state index >= 15 is 0 Å². The Labute approximate surface area is 177 Å². The first-order valence-electron chi connectivity index (χ1n) is 10.6. The van der Waals surface area contributed by atoms with E-state index in [0.29, 0.717) is 0 Å². The second-order valence-corrected chi connectivity index (χ2v) is 8.72. The molecule has 0 bridgehead atoms. The number of hydrogen-bond donors (Lipinski definition) is 0. The van der Waals surface area contributed by atoms with Gasteiger partial charge in [-0.3, -0.25) is 18.9 Å². The van der Waals surface area contributed by atoms with E-state index in [1.807, 2.05) is 0 Å². The summed E-state index contributed by atoms with van der Waals surface area (Å²) in [6.45, 7) is 11.7. The highest BCUT2D eigenvalue weighted by Crippen LogP contribution is 2.26. The molecule has 0 amide bonds. The van der Waals surface area contributed by atoms with Gasteiger partial charge in [-0.15, -0.1) is 0 Å². The van der Waals surface area contributed by atoms with E-state index in [1.54, 1.807) is 0 Å². The van der Waals surface area contributed by atoms with Gasteiger partial charge in [-0.1, -0.05) is 40.0 Å². The van der Waals surface area contributed by atoms with Crippen molar-refractivity contribution in [2.75, 3.05) is 53.5 Å². The van der Waals surface area contributed by atoms with Crippen LogP contribution in [0.4, 0.5) is 0 Å². The molecule has 0 fully saturated rings. The minimum atomic E-state index is -4.42. The molecule has 0 heterocycles. The van der Waals surface area contributed by atoms with Crippen molar-refractivity contribution < 1.29 is 17.2 Å². The van der Waals surface area contributed by atoms with Gasteiger partial charge in [-0.2, -0.15) is 0 Å². The van der Waals surface area contributed by atoms with Crippen LogP contribution in [0.25, 0.3) is 0 Å². The molecule has 0 saturated carbocycles. The lowest BCUT2D eigenvalue weighted by Gasteiger charge is -2.51. The number of unbranched alkanes of at least 4 members (excludes halogenated alkanes) is 3. The van der Waals surface area contributed by atoms with Gasteiger partial charge in [0.05, 0.1) is 12.8 Å². The molecule has 172 valence electrons. The maximum atomic E-state index is 9.45. The van der Waals surface area contributed by atoms with Crippen LogP contribution in [0.15, 0.2) is 0 Å². The van der Waals surface area contributed by atoms with Gasteiger partial charge in [0.2, 0.25) is 10.4 Å². The summed E-state index contributed by atoms with van der Waals surface area (Å²) in [5.74, 6) is 0.0813. The van der Waals surface area contributed by atoms with Crippen LogP contribution < -0.4 is 0 Å². The second kappa shape index (κ2) is 16.9. The van der Waals surface area contributed by atoms with Gasteiger partial charge in [0.1, 0.15) is 0 Å². The summed E-state index contributed by atoms with van der Waals surface area (Å²) in [7, 11) is 4.64. The fourth-order valence-electron chi connectivity index (χ4n) is 3.31. The van der Waals surface area contributed by atoms with Crippen molar-refractivity contribution in [3.63, 3.8) is 0 Å². The Kier molecular flexibility index (Phi) is 18.4. The Morgan fingerprint density at radius 1 is 0.821 bits per heavy atom. The molecule has 0 radical (unpaired) electrons. The monoisotopic (exact) mass is 443 g/mol. The molecule has 0 aliphatic rings. The van der Waals surface area contributed by atoms with Crippen molar-refractivity contribution in [3.8, 4) is 0 Å². The van der Waals surface area contributed by atoms with E-state index in [-0.39, 0.29) is 12.4 Å². The lowest BCUT2D eigenvalue weighted by atomic mass is 10.1. The summed E-state index contributed by atoms with van der Waals surface area (Å²) >= 11 is 0. The van der Waals surface area contributed by atoms with Crippen molar-refractivity contribution in [1.82, 2.24) is 14.7 Å². The van der Waals surface area contributed by atoms with E-state index in [0.717, 1.165) is 0 Å². The average Bonchev–Trinajstić information content (AvgIpc) is 2.63. The Morgan fingerprint density at radius 2 is 1.14 bits per heavy atom. The zero-order chi connectivity index (χ0) is 22.2. The van der Waals surface area contributed by atoms with Crippen molar-refractivity contribution in [1.29, 1.82) is 0 Å². The zero-order valence-electron chi connectivity index (χ0n) is 19.4. The minimum Gasteiger partial charge on any atom is -0.726 e. The minimum absolute atomic E-state index is 0.0813. The normalized spacial score (nSPS) is 12.7. The smallest absolute Gasteiger partial charge is 0.217 e. The molecular weight excluding hydrogens is 397 g/mol. The van der Waals surface area contributed by atoms with Gasteiger partial charge in [0.15, 0.2) is 5.79 Å². The first kappa shape index (κ1) is 30.4. The van der Waals surface area contributed by atoms with Crippen LogP contribution in [-0.2, 0) is 14.6 Å². The molecule has 0 aromatic carbocycles. The number of nitrogens with zero attached hydrogens (tertiary/aromatic N) is 3. The maximum absolute atomic E-state index is 9.45. The Morgan fingerprint density at radius 3 is 1.29 bits per heavy atom. The van der Waals surface area contributed by atoms with E-state index in [4.69, 9.17) is 0 Å². The van der Waals surface area contributed by atoms with Gasteiger partial charge < -0.3 is 4.55 Å². The van der Waals surface area contributed by atoms with E-state index in [1.165, 1.54) is 71.2 Å². The fraction of sp³-hybridized carbons (Fsp3) is 1.00. The third-order valence-electron chi connectivity index (χ3n) is 4.97. The van der Waals surface area contributed by atoms with Gasteiger partial charge in [0.25, 0.3) is 0 Å². The third-order valence-corrected chi connectivity index (χ3v) is 6.17. The zero-order valence-corrected chi connectivity index (χ0v) is 21.6. The van der Waals surface area contributed by atoms with Crippen LogP contribution in [0.3, 0.4) is 0 Å². The topological polar surface area (TPSA) is 76.2 Å². The molecule has 1 atom stereocenters. The van der Waals surface area contributed by atoms with E-state index in [2.05, 4.69) is 70.0 Å². The summed E-state index contributed by atoms with van der Waals surface area (Å²) in [4.78, 5) is 7.78. The van der Waals surface area contributed by atoms with Crippen molar-refractivity contribution in [3.05, 3.63) is 0 Å². The maximum Gasteiger partial charge on any atom is 0.217 e. The molecule has 1 unspecified atom stereocenters. The molecular formula is C19H46N3O4PS. The van der Waals surface area contributed by atoms with Crippen LogP contribution in [-0.4, -0.2) is 87.0 Å². The summed E-state index contributed by atoms with van der Waals surface area (Å²) < 4.78 is 32.0. The van der Waals surface area contributed by atoms with Crippen LogP contribution in [0.5, 0.6) is 0 Å². The van der Waals surface area contributed by atoms with Crippen molar-refractivity contribution in [2.45, 2.75) is 72.0 Å². The average molecular weight is 444 g/mol. The fourth-order valence-corrected chi connectivity index (χ4v) is 4.75.